The Morgan fingerprint density at radius 1 is 0.560 bits per heavy atom. The molecule has 4 aliphatic carbocycles. The first-order valence-corrected chi connectivity index (χ1v) is 32.1. The fourth-order valence-electron chi connectivity index (χ4n) is 17.4. The highest BCUT2D eigenvalue weighted by molar-refractivity contribution is 5.32. The molecule has 0 amide bonds. The van der Waals surface area contributed by atoms with Gasteiger partial charge in [-0.25, -0.2) is 0 Å². The van der Waals surface area contributed by atoms with Crippen LogP contribution in [0.15, 0.2) is 11.6 Å². The molecule has 9 aliphatic rings. The zero-order valence-electron chi connectivity index (χ0n) is 53.1. The monoisotopic (exact) mass is 1320 g/mol. The molecule has 528 valence electrons. The Labute approximate surface area is 528 Å². The largest absolute Gasteiger partial charge is 0.394 e. The lowest BCUT2D eigenvalue weighted by Crippen LogP contribution is -2.69. The van der Waals surface area contributed by atoms with Crippen LogP contribution in [0.4, 0.5) is 0 Å². The van der Waals surface area contributed by atoms with E-state index in [1.807, 2.05) is 13.8 Å². The SMILES string of the molecule is C[C@H](CCC(O[C@@H]1O[C@H](CO[C@@H]2O[C@H](CO)[C@@H](O)[C@H](O)[C@H]2O)[C@@H](O)[C@H](O)[C@H]1O[C@@]1(C)O[C@@H](CO)[C@H](O)[C@@H](O)[C@@H]1O)C(C)(C)O)[C@H]1CC[C@@]2(C)[C@@H]3CC=C4[C@@H](CC[C@H](O[C@]5(O)O[C@H](CO[C@@H]6O[C@H](CO)[C@@H](O)[C@H](O)[C@H]6O)[C@@H](O)[C@H](O)[C@H]5O)C4(C)C)[C@]3(C)[C@H](O)C[C@]12C. The van der Waals surface area contributed by atoms with Crippen molar-refractivity contribution in [3.63, 3.8) is 0 Å². The summed E-state index contributed by atoms with van der Waals surface area (Å²) in [4.78, 5) is 0. The molecular weight excluding hydrogens is 1210 g/mol. The number of ether oxygens (including phenoxy) is 10. The van der Waals surface area contributed by atoms with Crippen LogP contribution >= 0.6 is 0 Å². The molecule has 0 spiro atoms. The third-order valence-electron chi connectivity index (χ3n) is 23.4. The van der Waals surface area contributed by atoms with Crippen LogP contribution in [0.1, 0.15) is 114 Å². The summed E-state index contributed by atoms with van der Waals surface area (Å²) in [6.45, 7) is 13.1. The van der Waals surface area contributed by atoms with Crippen LogP contribution in [0.2, 0.25) is 0 Å². The van der Waals surface area contributed by atoms with Crippen molar-refractivity contribution in [2.24, 2.45) is 45.3 Å². The van der Waals surface area contributed by atoms with E-state index in [-0.39, 0.29) is 35.5 Å². The van der Waals surface area contributed by atoms with Gasteiger partial charge in [0.25, 0.3) is 0 Å². The molecule has 3 saturated carbocycles. The minimum atomic E-state index is -2.91. The minimum Gasteiger partial charge on any atom is -0.394 e. The maximum atomic E-state index is 12.9. The summed E-state index contributed by atoms with van der Waals surface area (Å²) in [5.74, 6) is -5.46. The Kier molecular flexibility index (Phi) is 22.2. The average Bonchev–Trinajstić information content (AvgIpc) is 1.66. The third kappa shape index (κ3) is 13.0. The van der Waals surface area contributed by atoms with Gasteiger partial charge in [0, 0.05) is 10.8 Å². The van der Waals surface area contributed by atoms with Gasteiger partial charge < -0.3 is 149 Å². The van der Waals surface area contributed by atoms with Crippen molar-refractivity contribution in [2.45, 2.75) is 290 Å². The molecule has 0 radical (unpaired) electrons. The quantitative estimate of drug-likeness (QED) is 0.0399. The summed E-state index contributed by atoms with van der Waals surface area (Å²) >= 11 is 0. The van der Waals surface area contributed by atoms with E-state index in [0.717, 1.165) is 18.4 Å². The third-order valence-corrected chi connectivity index (χ3v) is 23.4. The summed E-state index contributed by atoms with van der Waals surface area (Å²) in [5, 5.41) is 218. The van der Waals surface area contributed by atoms with E-state index in [0.29, 0.717) is 32.1 Å². The number of hydrogen-bond donors (Lipinski definition) is 20. The number of allylic oxidation sites excluding steroid dienone is 1. The second-order valence-electron chi connectivity index (χ2n) is 29.5. The molecule has 0 aromatic rings. The smallest absolute Gasteiger partial charge is 0.311 e. The predicted octanol–water partition coefficient (Wildman–Crippen LogP) is -5.70. The lowest BCUT2D eigenvalue weighted by Gasteiger charge is -2.67. The van der Waals surface area contributed by atoms with E-state index in [9.17, 15) is 102 Å². The number of hydrogen-bond acceptors (Lipinski definition) is 30. The van der Waals surface area contributed by atoms with Crippen LogP contribution in [0.25, 0.3) is 0 Å². The van der Waals surface area contributed by atoms with E-state index in [4.69, 9.17) is 47.4 Å². The average molecular weight is 1320 g/mol. The zero-order chi connectivity index (χ0) is 67.4. The molecule has 5 saturated heterocycles. The molecule has 30 heteroatoms. The molecule has 35 atom stereocenters. The zero-order valence-corrected chi connectivity index (χ0v) is 53.1. The van der Waals surface area contributed by atoms with Crippen molar-refractivity contribution in [1.82, 2.24) is 0 Å². The first-order valence-electron chi connectivity index (χ1n) is 32.1. The van der Waals surface area contributed by atoms with Crippen molar-refractivity contribution in [2.75, 3.05) is 33.0 Å². The molecule has 8 fully saturated rings. The molecule has 0 bridgehead atoms. The van der Waals surface area contributed by atoms with E-state index in [1.54, 1.807) is 0 Å². The van der Waals surface area contributed by atoms with Gasteiger partial charge >= 0.3 is 5.97 Å². The maximum Gasteiger partial charge on any atom is 0.311 e. The van der Waals surface area contributed by atoms with E-state index in [2.05, 4.69) is 33.8 Å². The first kappa shape index (κ1) is 73.8. The van der Waals surface area contributed by atoms with Crippen LogP contribution in [0.5, 0.6) is 0 Å². The van der Waals surface area contributed by atoms with Crippen LogP contribution in [-0.4, -0.2) is 312 Å². The van der Waals surface area contributed by atoms with Gasteiger partial charge in [0.15, 0.2) is 30.8 Å². The molecule has 0 aromatic carbocycles. The molecule has 20 N–H and O–H groups in total. The fraction of sp³-hybridized carbons (Fsp3) is 0.967. The number of aliphatic hydroxyl groups is 20. The van der Waals surface area contributed by atoms with Crippen molar-refractivity contribution in [3.8, 4) is 0 Å². The molecule has 5 aliphatic heterocycles. The van der Waals surface area contributed by atoms with Gasteiger partial charge in [-0.15, -0.1) is 0 Å². The number of rotatable bonds is 20. The molecule has 0 aromatic heterocycles. The standard InChI is InChI=1S/C61H104O30/c1-24(10-14-36(56(4,5)80)87-54-49(91-60(9)50(78)45(74)39(68)30(21-64)88-60)44(73)40(69)31(86-54)22-82-52-47(76)42(71)37(66)28(19-62)84-52)25-16-17-57(6)33-13-11-26-27(59(33,8)34(65)18-58(25,57)7)12-15-35(55(26,2)3)90-61(81)51(79)46(75)41(70)32(89-61)23-83-53-48(77)43(72)38(67)29(20-63)85-53/h11,24-25,27-54,62-81H,10,12-23H2,1-9H3/t24-,25-,27-,28-,29-,30+,31-,32-,33+,34-,35+,36?,37-,38-,39+,40-,41-,42+,43+,44+,45-,46+,47-,48-,49-,50+,51-,52-,53-,54+,57+,58-,59+,60-,61-/m1/s1. The van der Waals surface area contributed by atoms with Crippen molar-refractivity contribution in [1.29, 1.82) is 0 Å². The topological polar surface area (TPSA) is 497 Å². The minimum absolute atomic E-state index is 0.0282. The molecule has 91 heavy (non-hydrogen) atoms. The van der Waals surface area contributed by atoms with Gasteiger partial charge in [-0.05, 0) is 107 Å². The van der Waals surface area contributed by atoms with E-state index < -0.39 is 226 Å². The Morgan fingerprint density at radius 3 is 1.64 bits per heavy atom. The number of aliphatic hydroxyl groups excluding tert-OH is 18. The number of fused-ring (bicyclic) bond motifs is 5. The van der Waals surface area contributed by atoms with Gasteiger partial charge in [0.05, 0.1) is 56.9 Å². The van der Waals surface area contributed by atoms with E-state index >= 15 is 0 Å². The Morgan fingerprint density at radius 2 is 1.08 bits per heavy atom. The van der Waals surface area contributed by atoms with Gasteiger partial charge in [-0.3, -0.25) is 0 Å². The molecule has 1 unspecified atom stereocenters. The molecule has 30 nitrogen and oxygen atoms in total. The first-order chi connectivity index (χ1) is 42.3. The Bertz CT molecular complexity index is 2450. The highest BCUT2D eigenvalue weighted by Crippen LogP contribution is 2.75. The van der Waals surface area contributed by atoms with Gasteiger partial charge in [-0.2, -0.15) is 0 Å². The lowest BCUT2D eigenvalue weighted by molar-refractivity contribution is -0.465. The summed E-state index contributed by atoms with van der Waals surface area (Å²) < 4.78 is 59.2. The van der Waals surface area contributed by atoms with E-state index in [1.165, 1.54) is 20.8 Å². The predicted molar refractivity (Wildman–Crippen MR) is 306 cm³/mol. The van der Waals surface area contributed by atoms with Crippen molar-refractivity contribution < 1.29 is 149 Å². The highest BCUT2D eigenvalue weighted by Gasteiger charge is 2.71. The van der Waals surface area contributed by atoms with Crippen LogP contribution in [-0.2, 0) is 47.4 Å². The summed E-state index contributed by atoms with van der Waals surface area (Å²) in [7, 11) is 0. The van der Waals surface area contributed by atoms with Gasteiger partial charge in [0.2, 0.25) is 0 Å². The molecule has 5 heterocycles. The van der Waals surface area contributed by atoms with Gasteiger partial charge in [-0.1, -0.05) is 53.2 Å². The summed E-state index contributed by atoms with van der Waals surface area (Å²) in [6, 6.07) is 0. The van der Waals surface area contributed by atoms with Crippen LogP contribution in [0.3, 0.4) is 0 Å². The molecular formula is C61H104O30. The van der Waals surface area contributed by atoms with Crippen molar-refractivity contribution in [3.05, 3.63) is 11.6 Å². The highest BCUT2D eigenvalue weighted by atomic mass is 16.8. The Hall–Kier alpha value is -1.46. The normalized spacial score (nSPS) is 52.6. The second-order valence-corrected chi connectivity index (χ2v) is 29.5. The molecule has 9 rings (SSSR count). The van der Waals surface area contributed by atoms with Gasteiger partial charge in [0.1, 0.15) is 116 Å². The van der Waals surface area contributed by atoms with Crippen molar-refractivity contribution >= 4 is 0 Å². The summed E-state index contributed by atoms with van der Waals surface area (Å²) in [6.07, 6.45) is -37.1. The maximum absolute atomic E-state index is 12.9. The Balaban J connectivity index is 0.898. The second kappa shape index (κ2) is 27.3. The van der Waals surface area contributed by atoms with Crippen LogP contribution < -0.4 is 0 Å². The van der Waals surface area contributed by atoms with Crippen LogP contribution in [0, 0.1) is 45.3 Å². The fourth-order valence-corrected chi connectivity index (χ4v) is 17.4. The lowest BCUT2D eigenvalue weighted by atomic mass is 9.38. The summed E-state index contributed by atoms with van der Waals surface area (Å²) in [5.41, 5.74) is -2.99.